The van der Waals surface area contributed by atoms with E-state index in [0.717, 1.165) is 17.5 Å². The summed E-state index contributed by atoms with van der Waals surface area (Å²) in [6, 6.07) is 6.28. The van der Waals surface area contributed by atoms with Crippen molar-refractivity contribution >= 4 is 22.6 Å². The summed E-state index contributed by atoms with van der Waals surface area (Å²) in [6.07, 6.45) is 1.06. The van der Waals surface area contributed by atoms with E-state index in [4.69, 9.17) is 5.73 Å². The number of nitrogens with zero attached hydrogens (tertiary/aromatic N) is 3. The van der Waals surface area contributed by atoms with Crippen molar-refractivity contribution in [3.05, 3.63) is 35.0 Å². The van der Waals surface area contributed by atoms with Crippen LogP contribution in [-0.2, 0) is 0 Å². The third kappa shape index (κ3) is 1.83. The number of benzene rings is 1. The van der Waals surface area contributed by atoms with Crippen molar-refractivity contribution in [2.45, 2.75) is 40.0 Å². The van der Waals surface area contributed by atoms with Gasteiger partial charge in [-0.15, -0.1) is 0 Å². The number of hydrogen-bond acceptors (Lipinski definition) is 3. The van der Waals surface area contributed by atoms with Crippen LogP contribution in [-0.4, -0.2) is 14.4 Å². The van der Waals surface area contributed by atoms with Gasteiger partial charge in [-0.3, -0.25) is 4.40 Å². The fourth-order valence-corrected chi connectivity index (χ4v) is 2.58. The number of rotatable bonds is 2. The van der Waals surface area contributed by atoms with Crippen LogP contribution in [0.1, 0.15) is 43.0 Å². The monoisotopic (exact) mass is 268 g/mol. The molecule has 3 rings (SSSR count). The first-order valence-corrected chi connectivity index (χ1v) is 7.07. The zero-order chi connectivity index (χ0) is 14.4. The highest BCUT2D eigenvalue weighted by atomic mass is 15.1. The minimum absolute atomic E-state index is 0.418. The van der Waals surface area contributed by atoms with Crippen LogP contribution in [0.5, 0.6) is 0 Å². The Bertz CT molecular complexity index is 801. The highest BCUT2D eigenvalue weighted by molar-refractivity contribution is 5.82. The van der Waals surface area contributed by atoms with Crippen LogP contribution < -0.4 is 5.73 Å². The van der Waals surface area contributed by atoms with Gasteiger partial charge in [0.05, 0.1) is 11.0 Å². The predicted molar refractivity (Wildman–Crippen MR) is 83.1 cm³/mol. The molecule has 0 spiro atoms. The fraction of sp³-hybridized carbons (Fsp3) is 0.375. The van der Waals surface area contributed by atoms with Gasteiger partial charge in [-0.1, -0.05) is 13.8 Å². The van der Waals surface area contributed by atoms with Gasteiger partial charge in [0.2, 0.25) is 5.78 Å². The van der Waals surface area contributed by atoms with Crippen LogP contribution in [0.4, 0.5) is 5.82 Å². The second kappa shape index (κ2) is 4.47. The van der Waals surface area contributed by atoms with Gasteiger partial charge in [-0.05, 0) is 49.4 Å². The molecule has 0 amide bonds. The molecular weight excluding hydrogens is 248 g/mol. The van der Waals surface area contributed by atoms with Crippen LogP contribution in [0.15, 0.2) is 18.2 Å². The van der Waals surface area contributed by atoms with E-state index in [1.54, 1.807) is 0 Å². The molecule has 4 heteroatoms. The number of aryl methyl sites for hydroxylation is 2. The minimum atomic E-state index is 0.418. The quantitative estimate of drug-likeness (QED) is 0.772. The Morgan fingerprint density at radius 3 is 2.55 bits per heavy atom. The molecule has 1 aromatic carbocycles. The van der Waals surface area contributed by atoms with E-state index in [0.29, 0.717) is 17.5 Å². The zero-order valence-corrected chi connectivity index (χ0v) is 12.4. The van der Waals surface area contributed by atoms with Crippen molar-refractivity contribution in [2.75, 3.05) is 5.73 Å². The molecule has 2 N–H and O–H groups in total. The molecule has 20 heavy (non-hydrogen) atoms. The molecule has 0 saturated heterocycles. The van der Waals surface area contributed by atoms with Gasteiger partial charge < -0.3 is 5.73 Å². The van der Waals surface area contributed by atoms with Crippen molar-refractivity contribution in [1.29, 1.82) is 0 Å². The first-order chi connectivity index (χ1) is 9.51. The molecule has 0 aliphatic rings. The number of nitrogens with two attached hydrogens (primary N) is 1. The summed E-state index contributed by atoms with van der Waals surface area (Å²) in [4.78, 5) is 9.01. The average Bonchev–Trinajstić information content (AvgIpc) is 2.74. The van der Waals surface area contributed by atoms with Gasteiger partial charge in [0.1, 0.15) is 5.82 Å². The number of fused-ring (bicyclic) bond motifs is 3. The van der Waals surface area contributed by atoms with E-state index < -0.39 is 0 Å². The van der Waals surface area contributed by atoms with E-state index in [9.17, 15) is 0 Å². The molecule has 0 bridgehead atoms. The topological polar surface area (TPSA) is 56.2 Å². The molecule has 2 aromatic heterocycles. The molecule has 3 aromatic rings. The van der Waals surface area contributed by atoms with Gasteiger partial charge in [-0.2, -0.15) is 4.98 Å². The van der Waals surface area contributed by atoms with Gasteiger partial charge >= 0.3 is 0 Å². The van der Waals surface area contributed by atoms with Crippen LogP contribution in [0.3, 0.4) is 0 Å². The molecule has 2 heterocycles. The molecule has 0 aliphatic carbocycles. The number of aromatic nitrogens is 3. The summed E-state index contributed by atoms with van der Waals surface area (Å²) >= 11 is 0. The lowest BCUT2D eigenvalue weighted by Gasteiger charge is -2.13. The van der Waals surface area contributed by atoms with Crippen LogP contribution in [0.2, 0.25) is 0 Å². The lowest BCUT2D eigenvalue weighted by atomic mass is 10.0. The maximum Gasteiger partial charge on any atom is 0.237 e. The number of imidazole rings is 1. The summed E-state index contributed by atoms with van der Waals surface area (Å²) in [6.45, 7) is 8.63. The largest absolute Gasteiger partial charge is 0.384 e. The molecule has 104 valence electrons. The Morgan fingerprint density at radius 2 is 1.85 bits per heavy atom. The van der Waals surface area contributed by atoms with Crippen LogP contribution in [0, 0.1) is 13.8 Å². The Balaban J connectivity index is 2.46. The van der Waals surface area contributed by atoms with Gasteiger partial charge in [-0.25, -0.2) is 4.98 Å². The Kier molecular flexibility index (Phi) is 2.89. The van der Waals surface area contributed by atoms with Crippen molar-refractivity contribution in [1.82, 2.24) is 14.4 Å². The first kappa shape index (κ1) is 12.9. The van der Waals surface area contributed by atoms with E-state index in [1.807, 2.05) is 6.07 Å². The summed E-state index contributed by atoms with van der Waals surface area (Å²) in [5, 5.41) is 0. The molecular formula is C16H20N4. The van der Waals surface area contributed by atoms with E-state index >= 15 is 0 Å². The lowest BCUT2D eigenvalue weighted by Crippen LogP contribution is -2.05. The van der Waals surface area contributed by atoms with Crippen molar-refractivity contribution in [3.8, 4) is 0 Å². The highest BCUT2D eigenvalue weighted by Gasteiger charge is 2.15. The number of anilines is 1. The van der Waals surface area contributed by atoms with Gasteiger partial charge in [0.15, 0.2) is 0 Å². The molecule has 0 aliphatic heterocycles. The van der Waals surface area contributed by atoms with Crippen molar-refractivity contribution in [2.24, 2.45) is 0 Å². The summed E-state index contributed by atoms with van der Waals surface area (Å²) < 4.78 is 2.15. The third-order valence-electron chi connectivity index (χ3n) is 4.15. The van der Waals surface area contributed by atoms with Gasteiger partial charge in [0.25, 0.3) is 0 Å². The first-order valence-electron chi connectivity index (χ1n) is 7.07. The standard InChI is InChI=1S/C16H20N4/c1-5-9(2)13-8-15(17)19-16-18-12-6-10(3)11(4)7-14(12)20(13)16/h6-9H,5H2,1-4H3,(H2,17,18,19). The maximum absolute atomic E-state index is 5.93. The smallest absolute Gasteiger partial charge is 0.237 e. The predicted octanol–water partition coefficient (Wildman–Crippen LogP) is 3.60. The fourth-order valence-electron chi connectivity index (χ4n) is 2.58. The molecule has 0 radical (unpaired) electrons. The number of nitrogen functional groups attached to an aromatic ring is 1. The van der Waals surface area contributed by atoms with Crippen LogP contribution in [0.25, 0.3) is 16.8 Å². The zero-order valence-electron chi connectivity index (χ0n) is 12.4. The Morgan fingerprint density at radius 1 is 1.15 bits per heavy atom. The summed E-state index contributed by atoms with van der Waals surface area (Å²) in [7, 11) is 0. The van der Waals surface area contributed by atoms with E-state index in [2.05, 4.69) is 54.2 Å². The van der Waals surface area contributed by atoms with E-state index in [-0.39, 0.29) is 0 Å². The second-order valence-electron chi connectivity index (χ2n) is 5.59. The Hall–Kier alpha value is -2.10. The molecule has 0 saturated carbocycles. The summed E-state index contributed by atoms with van der Waals surface area (Å²) in [5.74, 6) is 1.65. The SMILES string of the molecule is CCC(C)c1cc(N)nc2nc3cc(C)c(C)cc3n12. The summed E-state index contributed by atoms with van der Waals surface area (Å²) in [5.41, 5.74) is 11.7. The normalized spacial score (nSPS) is 13.2. The molecule has 0 fully saturated rings. The highest BCUT2D eigenvalue weighted by Crippen LogP contribution is 2.27. The maximum atomic E-state index is 5.93. The van der Waals surface area contributed by atoms with Crippen molar-refractivity contribution in [3.63, 3.8) is 0 Å². The Labute approximate surface area is 118 Å². The van der Waals surface area contributed by atoms with Crippen LogP contribution >= 0.6 is 0 Å². The minimum Gasteiger partial charge on any atom is -0.384 e. The lowest BCUT2D eigenvalue weighted by molar-refractivity contribution is 0.698. The molecule has 4 nitrogen and oxygen atoms in total. The van der Waals surface area contributed by atoms with Gasteiger partial charge in [0, 0.05) is 11.8 Å². The number of hydrogen-bond donors (Lipinski definition) is 1. The van der Waals surface area contributed by atoms with E-state index in [1.165, 1.54) is 16.8 Å². The molecule has 1 unspecified atom stereocenters. The van der Waals surface area contributed by atoms with Crippen molar-refractivity contribution < 1.29 is 0 Å². The third-order valence-corrected chi connectivity index (χ3v) is 4.15. The molecule has 1 atom stereocenters. The second-order valence-corrected chi connectivity index (χ2v) is 5.59. The average molecular weight is 268 g/mol.